The Balaban J connectivity index is 1.96. The molecule has 1 aromatic heterocycles. The van der Waals surface area contributed by atoms with Crippen molar-refractivity contribution in [2.45, 2.75) is 24.3 Å². The number of benzene rings is 1. The monoisotopic (exact) mass is 335 g/mol. The molecule has 7 nitrogen and oxygen atoms in total. The lowest BCUT2D eigenvalue weighted by molar-refractivity contribution is -0.137. The Hall–Kier alpha value is -2.35. The highest BCUT2D eigenvalue weighted by molar-refractivity contribution is 7.92. The number of imidazole rings is 1. The fourth-order valence-corrected chi connectivity index (χ4v) is 4.36. The first-order chi connectivity index (χ1) is 11.0. The number of nitrogens with zero attached hydrogens (tertiary/aromatic N) is 2. The molecule has 0 radical (unpaired) electrons. The molecular formula is C15H17N3O4S. The summed E-state index contributed by atoms with van der Waals surface area (Å²) in [6.45, 7) is 0.269. The molecule has 1 aliphatic heterocycles. The fourth-order valence-electron chi connectivity index (χ4n) is 2.89. The summed E-state index contributed by atoms with van der Waals surface area (Å²) >= 11 is 0. The van der Waals surface area contributed by atoms with Crippen LogP contribution >= 0.6 is 0 Å². The minimum atomic E-state index is -3.74. The van der Waals surface area contributed by atoms with Crippen LogP contribution in [0.4, 0.5) is 5.69 Å². The van der Waals surface area contributed by atoms with Gasteiger partial charge in [-0.1, -0.05) is 18.2 Å². The first kappa shape index (κ1) is 15.5. The van der Waals surface area contributed by atoms with E-state index in [1.165, 1.54) is 16.8 Å². The van der Waals surface area contributed by atoms with Crippen LogP contribution in [0.2, 0.25) is 0 Å². The van der Waals surface area contributed by atoms with Gasteiger partial charge in [-0.15, -0.1) is 0 Å². The highest BCUT2D eigenvalue weighted by Gasteiger charge is 2.33. The number of aromatic nitrogens is 2. The molecule has 23 heavy (non-hydrogen) atoms. The molecule has 2 heterocycles. The summed E-state index contributed by atoms with van der Waals surface area (Å²) in [7, 11) is -3.74. The molecule has 0 aliphatic carbocycles. The molecule has 1 unspecified atom stereocenters. The topological polar surface area (TPSA) is 103 Å². The number of carbonyl (C=O) groups is 1. The number of aromatic amines is 1. The summed E-state index contributed by atoms with van der Waals surface area (Å²) in [6.07, 6.45) is 3.76. The molecule has 0 spiro atoms. The molecule has 0 saturated heterocycles. The van der Waals surface area contributed by atoms with E-state index in [0.29, 0.717) is 18.5 Å². The molecule has 3 rings (SSSR count). The Morgan fingerprint density at radius 2 is 2.17 bits per heavy atom. The van der Waals surface area contributed by atoms with Gasteiger partial charge in [0, 0.05) is 13.0 Å². The first-order valence-corrected chi connectivity index (χ1v) is 8.73. The molecule has 2 aromatic rings. The molecule has 1 aromatic carbocycles. The molecule has 122 valence electrons. The van der Waals surface area contributed by atoms with Gasteiger partial charge in [0.1, 0.15) is 0 Å². The minimum absolute atomic E-state index is 0.0290. The third-order valence-electron chi connectivity index (χ3n) is 4.00. The van der Waals surface area contributed by atoms with Gasteiger partial charge >= 0.3 is 5.97 Å². The van der Waals surface area contributed by atoms with E-state index in [0.717, 1.165) is 5.56 Å². The molecule has 0 fully saturated rings. The standard InChI is InChI=1S/C15H17N3O4S/c19-15(20)6-5-11-7-12-3-1-2-4-13(12)18(9-11)23(21,22)14-8-16-10-17-14/h1-4,8,10-11H,5-7,9H2,(H,16,17)(H,19,20). The van der Waals surface area contributed by atoms with Crippen molar-refractivity contribution in [1.29, 1.82) is 0 Å². The van der Waals surface area contributed by atoms with E-state index in [4.69, 9.17) is 5.11 Å². The lowest BCUT2D eigenvalue weighted by Gasteiger charge is -2.34. The normalized spacial score (nSPS) is 17.7. The van der Waals surface area contributed by atoms with Gasteiger partial charge in [-0.3, -0.25) is 9.10 Å². The van der Waals surface area contributed by atoms with Crippen LogP contribution in [-0.2, 0) is 21.2 Å². The zero-order chi connectivity index (χ0) is 16.4. The fraction of sp³-hybridized carbons (Fsp3) is 0.333. The van der Waals surface area contributed by atoms with E-state index < -0.39 is 16.0 Å². The quantitative estimate of drug-likeness (QED) is 0.864. The van der Waals surface area contributed by atoms with E-state index in [1.54, 1.807) is 12.1 Å². The van der Waals surface area contributed by atoms with E-state index in [9.17, 15) is 13.2 Å². The first-order valence-electron chi connectivity index (χ1n) is 7.29. The van der Waals surface area contributed by atoms with Gasteiger partial charge < -0.3 is 10.1 Å². The van der Waals surface area contributed by atoms with Gasteiger partial charge in [0.25, 0.3) is 10.0 Å². The van der Waals surface area contributed by atoms with Crippen LogP contribution in [-0.4, -0.2) is 36.0 Å². The van der Waals surface area contributed by atoms with Crippen LogP contribution in [0.5, 0.6) is 0 Å². The third kappa shape index (κ3) is 3.07. The molecule has 2 N–H and O–H groups in total. The van der Waals surface area contributed by atoms with Crippen molar-refractivity contribution in [3.8, 4) is 0 Å². The molecular weight excluding hydrogens is 318 g/mol. The number of aliphatic carboxylic acids is 1. The van der Waals surface area contributed by atoms with Gasteiger partial charge in [0.05, 0.1) is 18.2 Å². The molecule has 0 saturated carbocycles. The van der Waals surface area contributed by atoms with Crippen molar-refractivity contribution in [3.05, 3.63) is 42.4 Å². The Bertz CT molecular complexity index is 802. The Labute approximate surface area is 134 Å². The van der Waals surface area contributed by atoms with E-state index in [-0.39, 0.29) is 23.9 Å². The summed E-state index contributed by atoms with van der Waals surface area (Å²) < 4.78 is 27.0. The second-order valence-electron chi connectivity index (χ2n) is 5.58. The number of rotatable bonds is 5. The predicted molar refractivity (Wildman–Crippen MR) is 83.6 cm³/mol. The second-order valence-corrected chi connectivity index (χ2v) is 7.41. The average Bonchev–Trinajstić information content (AvgIpc) is 3.07. The Morgan fingerprint density at radius 3 is 2.87 bits per heavy atom. The lowest BCUT2D eigenvalue weighted by atomic mass is 9.90. The largest absolute Gasteiger partial charge is 0.481 e. The molecule has 1 aliphatic rings. The zero-order valence-corrected chi connectivity index (χ0v) is 13.2. The molecule has 8 heteroatoms. The maximum Gasteiger partial charge on any atom is 0.303 e. The van der Waals surface area contributed by atoms with Crippen molar-refractivity contribution in [2.24, 2.45) is 5.92 Å². The third-order valence-corrected chi connectivity index (χ3v) is 5.71. The van der Waals surface area contributed by atoms with Crippen LogP contribution < -0.4 is 4.31 Å². The van der Waals surface area contributed by atoms with Crippen LogP contribution in [0, 0.1) is 5.92 Å². The van der Waals surface area contributed by atoms with E-state index >= 15 is 0 Å². The summed E-state index contributed by atoms with van der Waals surface area (Å²) in [5.41, 5.74) is 1.56. The minimum Gasteiger partial charge on any atom is -0.481 e. The Morgan fingerprint density at radius 1 is 1.39 bits per heavy atom. The summed E-state index contributed by atoms with van der Waals surface area (Å²) in [4.78, 5) is 17.2. The number of carboxylic acids is 1. The van der Waals surface area contributed by atoms with Crippen LogP contribution in [0.25, 0.3) is 0 Å². The summed E-state index contributed by atoms with van der Waals surface area (Å²) in [6, 6.07) is 7.32. The average molecular weight is 335 g/mol. The van der Waals surface area contributed by atoms with Crippen molar-refractivity contribution < 1.29 is 18.3 Å². The number of nitrogens with one attached hydrogen (secondary N) is 1. The number of fused-ring (bicyclic) bond motifs is 1. The number of sulfonamides is 1. The number of hydrogen-bond donors (Lipinski definition) is 2. The highest BCUT2D eigenvalue weighted by Crippen LogP contribution is 2.34. The van der Waals surface area contributed by atoms with Crippen LogP contribution in [0.1, 0.15) is 18.4 Å². The second kappa shape index (κ2) is 6.04. The molecule has 0 amide bonds. The van der Waals surface area contributed by atoms with Crippen molar-refractivity contribution >= 4 is 21.7 Å². The van der Waals surface area contributed by atoms with E-state index in [2.05, 4.69) is 9.97 Å². The van der Waals surface area contributed by atoms with Gasteiger partial charge in [-0.2, -0.15) is 8.42 Å². The number of hydrogen-bond acceptors (Lipinski definition) is 4. The number of anilines is 1. The van der Waals surface area contributed by atoms with E-state index in [1.807, 2.05) is 12.1 Å². The van der Waals surface area contributed by atoms with Gasteiger partial charge in [0.15, 0.2) is 5.03 Å². The van der Waals surface area contributed by atoms with Crippen LogP contribution in [0.15, 0.2) is 41.8 Å². The van der Waals surface area contributed by atoms with Gasteiger partial charge in [0.2, 0.25) is 0 Å². The maximum atomic E-state index is 12.8. The van der Waals surface area contributed by atoms with Crippen molar-refractivity contribution in [2.75, 3.05) is 10.8 Å². The van der Waals surface area contributed by atoms with Crippen molar-refractivity contribution in [3.63, 3.8) is 0 Å². The maximum absolute atomic E-state index is 12.8. The van der Waals surface area contributed by atoms with Crippen LogP contribution in [0.3, 0.4) is 0 Å². The number of carboxylic acid groups (broad SMARTS) is 1. The molecule has 1 atom stereocenters. The van der Waals surface area contributed by atoms with Crippen molar-refractivity contribution in [1.82, 2.24) is 9.97 Å². The SMILES string of the molecule is O=C(O)CCC1Cc2ccccc2N(S(=O)(=O)c2cnc[nH]2)C1. The van der Waals surface area contributed by atoms with Gasteiger partial charge in [-0.05, 0) is 30.4 Å². The molecule has 0 bridgehead atoms. The zero-order valence-electron chi connectivity index (χ0n) is 12.3. The smallest absolute Gasteiger partial charge is 0.303 e. The Kier molecular flexibility index (Phi) is 4.08. The summed E-state index contributed by atoms with van der Waals surface area (Å²) in [5.74, 6) is -0.898. The predicted octanol–water partition coefficient (Wildman–Crippen LogP) is 1.64. The highest BCUT2D eigenvalue weighted by atomic mass is 32.2. The number of H-pyrrole nitrogens is 1. The van der Waals surface area contributed by atoms with Gasteiger partial charge in [-0.25, -0.2) is 4.98 Å². The lowest BCUT2D eigenvalue weighted by Crippen LogP contribution is -2.40. The summed E-state index contributed by atoms with van der Waals surface area (Å²) in [5, 5.41) is 8.90. The number of para-hydroxylation sites is 1.